The third kappa shape index (κ3) is 2.96. The summed E-state index contributed by atoms with van der Waals surface area (Å²) in [4.78, 5) is 14.7. The van der Waals surface area contributed by atoms with Gasteiger partial charge in [0.15, 0.2) is 5.72 Å². The van der Waals surface area contributed by atoms with E-state index < -0.39 is 5.72 Å². The highest BCUT2D eigenvalue weighted by Gasteiger charge is 2.49. The Morgan fingerprint density at radius 1 is 1.00 bits per heavy atom. The molecule has 0 saturated heterocycles. The van der Waals surface area contributed by atoms with Crippen molar-refractivity contribution in [1.29, 1.82) is 0 Å². The lowest BCUT2D eigenvalue weighted by molar-refractivity contribution is -0.0494. The summed E-state index contributed by atoms with van der Waals surface area (Å²) in [6.45, 7) is 2.38. The summed E-state index contributed by atoms with van der Waals surface area (Å²) in [5.41, 5.74) is 2.51. The van der Waals surface area contributed by atoms with Crippen molar-refractivity contribution < 1.29 is 14.6 Å². The van der Waals surface area contributed by atoms with Crippen molar-refractivity contribution in [2.75, 3.05) is 13.7 Å². The van der Waals surface area contributed by atoms with Crippen LogP contribution in [0.2, 0.25) is 0 Å². The minimum absolute atomic E-state index is 0.150. The Balaban J connectivity index is 1.73. The van der Waals surface area contributed by atoms with Crippen molar-refractivity contribution >= 4 is 5.91 Å². The Bertz CT molecular complexity index is 1030. The van der Waals surface area contributed by atoms with Crippen LogP contribution in [-0.4, -0.2) is 29.6 Å². The molecule has 0 radical (unpaired) electrons. The molecule has 0 fully saturated rings. The predicted molar refractivity (Wildman–Crippen MR) is 108 cm³/mol. The van der Waals surface area contributed by atoms with E-state index in [4.69, 9.17) is 4.74 Å². The number of hydrogen-bond donors (Lipinski definition) is 1. The van der Waals surface area contributed by atoms with Crippen molar-refractivity contribution in [2.45, 2.75) is 19.1 Å². The molecule has 0 bridgehead atoms. The average Bonchev–Trinajstić information content (AvgIpc) is 2.95. The normalized spacial score (nSPS) is 18.2. The largest absolute Gasteiger partial charge is 0.497 e. The van der Waals surface area contributed by atoms with Crippen LogP contribution >= 0.6 is 0 Å². The van der Waals surface area contributed by atoms with Gasteiger partial charge in [-0.05, 0) is 37.1 Å². The summed E-state index contributed by atoms with van der Waals surface area (Å²) in [6.07, 6.45) is 0.616. The number of benzene rings is 3. The number of aryl methyl sites for hydroxylation is 1. The summed E-state index contributed by atoms with van der Waals surface area (Å²) >= 11 is 0. The molecule has 0 aromatic heterocycles. The molecule has 1 N–H and O–H groups in total. The van der Waals surface area contributed by atoms with Gasteiger partial charge in [0.05, 0.1) is 7.11 Å². The predicted octanol–water partition coefficient (Wildman–Crippen LogP) is 3.90. The first-order chi connectivity index (χ1) is 13.5. The molecule has 1 aliphatic heterocycles. The second-order valence-corrected chi connectivity index (χ2v) is 7.15. The van der Waals surface area contributed by atoms with Crippen molar-refractivity contribution in [3.63, 3.8) is 0 Å². The zero-order valence-corrected chi connectivity index (χ0v) is 16.1. The van der Waals surface area contributed by atoms with Crippen LogP contribution in [0.3, 0.4) is 0 Å². The lowest BCUT2D eigenvalue weighted by Crippen LogP contribution is -2.45. The minimum Gasteiger partial charge on any atom is -0.497 e. The molecule has 1 unspecified atom stereocenters. The first-order valence-corrected chi connectivity index (χ1v) is 9.38. The standard InChI is InChI=1S/C24H23NO3/c1-17-7-5-9-19(15-17)24(27)22-12-4-3-11-21(22)23(26)25(24)14-13-18-8-6-10-20(16-18)28-2/h3-12,15-16,27H,13-14H2,1-2H3. The van der Waals surface area contributed by atoms with E-state index in [1.165, 1.54) is 0 Å². The highest BCUT2D eigenvalue weighted by molar-refractivity contribution is 6.00. The van der Waals surface area contributed by atoms with Gasteiger partial charge in [0.25, 0.3) is 5.91 Å². The topological polar surface area (TPSA) is 49.8 Å². The van der Waals surface area contributed by atoms with Crippen LogP contribution < -0.4 is 4.74 Å². The van der Waals surface area contributed by atoms with E-state index in [0.717, 1.165) is 16.9 Å². The molecule has 0 saturated carbocycles. The number of rotatable bonds is 5. The highest BCUT2D eigenvalue weighted by Crippen LogP contribution is 2.42. The second-order valence-electron chi connectivity index (χ2n) is 7.15. The Hall–Kier alpha value is -3.11. The molecule has 1 heterocycles. The molecule has 4 heteroatoms. The summed E-state index contributed by atoms with van der Waals surface area (Å²) in [5.74, 6) is 0.630. The van der Waals surface area contributed by atoms with Gasteiger partial charge in [-0.2, -0.15) is 0 Å². The van der Waals surface area contributed by atoms with E-state index in [2.05, 4.69) is 0 Å². The van der Waals surface area contributed by atoms with Gasteiger partial charge < -0.3 is 14.7 Å². The maximum Gasteiger partial charge on any atom is 0.257 e. The zero-order valence-electron chi connectivity index (χ0n) is 16.1. The fourth-order valence-corrected chi connectivity index (χ4v) is 3.92. The number of carbonyl (C=O) groups excluding carboxylic acids is 1. The number of carbonyl (C=O) groups is 1. The SMILES string of the molecule is COc1cccc(CCN2C(=O)c3ccccc3C2(O)c2cccc(C)c2)c1. The van der Waals surface area contributed by atoms with Crippen molar-refractivity contribution in [1.82, 2.24) is 4.90 Å². The lowest BCUT2D eigenvalue weighted by atomic mass is 9.92. The number of ether oxygens (including phenoxy) is 1. The fraction of sp³-hybridized carbons (Fsp3) is 0.208. The molecule has 3 aromatic rings. The van der Waals surface area contributed by atoms with Gasteiger partial charge >= 0.3 is 0 Å². The van der Waals surface area contributed by atoms with Crippen LogP contribution in [-0.2, 0) is 12.1 Å². The number of amides is 1. The molecule has 0 aliphatic carbocycles. The molecule has 3 aromatic carbocycles. The Morgan fingerprint density at radius 2 is 1.79 bits per heavy atom. The van der Waals surface area contributed by atoms with E-state index in [9.17, 15) is 9.90 Å². The first-order valence-electron chi connectivity index (χ1n) is 9.38. The van der Waals surface area contributed by atoms with Gasteiger partial charge in [0.2, 0.25) is 0 Å². The third-order valence-electron chi connectivity index (χ3n) is 5.35. The van der Waals surface area contributed by atoms with E-state index in [-0.39, 0.29) is 5.91 Å². The molecule has 1 atom stereocenters. The first kappa shape index (κ1) is 18.3. The highest BCUT2D eigenvalue weighted by atomic mass is 16.5. The van der Waals surface area contributed by atoms with Crippen molar-refractivity contribution in [3.8, 4) is 5.75 Å². The van der Waals surface area contributed by atoms with Crippen LogP contribution in [0.4, 0.5) is 0 Å². The van der Waals surface area contributed by atoms with Crippen molar-refractivity contribution in [3.05, 3.63) is 101 Å². The second kappa shape index (κ2) is 7.13. The van der Waals surface area contributed by atoms with Gasteiger partial charge in [-0.15, -0.1) is 0 Å². The van der Waals surface area contributed by atoms with Crippen molar-refractivity contribution in [2.24, 2.45) is 0 Å². The summed E-state index contributed by atoms with van der Waals surface area (Å²) in [7, 11) is 1.64. The fourth-order valence-electron chi connectivity index (χ4n) is 3.92. The van der Waals surface area contributed by atoms with Gasteiger partial charge in [0.1, 0.15) is 5.75 Å². The lowest BCUT2D eigenvalue weighted by Gasteiger charge is -2.35. The number of hydrogen-bond acceptors (Lipinski definition) is 3. The van der Waals surface area contributed by atoms with E-state index >= 15 is 0 Å². The van der Waals surface area contributed by atoms with Crippen LogP contribution in [0, 0.1) is 6.92 Å². The summed E-state index contributed by atoms with van der Waals surface area (Å²) in [6, 6.07) is 22.8. The van der Waals surface area contributed by atoms with Gasteiger partial charge in [-0.3, -0.25) is 4.79 Å². The van der Waals surface area contributed by atoms with Crippen LogP contribution in [0.25, 0.3) is 0 Å². The number of aliphatic hydroxyl groups is 1. The average molecular weight is 373 g/mol. The van der Waals surface area contributed by atoms with Gasteiger partial charge in [-0.1, -0.05) is 60.2 Å². The maximum absolute atomic E-state index is 13.2. The maximum atomic E-state index is 13.2. The quantitative estimate of drug-likeness (QED) is 0.738. The molecule has 28 heavy (non-hydrogen) atoms. The number of fused-ring (bicyclic) bond motifs is 1. The Labute approximate surface area is 165 Å². The summed E-state index contributed by atoms with van der Waals surface area (Å²) < 4.78 is 5.29. The van der Waals surface area contributed by atoms with E-state index in [0.29, 0.717) is 29.7 Å². The third-order valence-corrected chi connectivity index (χ3v) is 5.35. The van der Waals surface area contributed by atoms with Crippen LogP contribution in [0.1, 0.15) is 32.6 Å². The molecule has 142 valence electrons. The molecule has 0 spiro atoms. The molecule has 1 aliphatic rings. The number of methoxy groups -OCH3 is 1. The van der Waals surface area contributed by atoms with Crippen LogP contribution in [0.5, 0.6) is 5.75 Å². The Morgan fingerprint density at radius 3 is 2.57 bits per heavy atom. The molecule has 4 rings (SSSR count). The van der Waals surface area contributed by atoms with Gasteiger partial charge in [-0.25, -0.2) is 0 Å². The monoisotopic (exact) mass is 373 g/mol. The molecule has 4 nitrogen and oxygen atoms in total. The molecular weight excluding hydrogens is 350 g/mol. The zero-order chi connectivity index (χ0) is 19.7. The Kier molecular flexibility index (Phi) is 4.65. The minimum atomic E-state index is -1.47. The smallest absolute Gasteiger partial charge is 0.257 e. The summed E-state index contributed by atoms with van der Waals surface area (Å²) in [5, 5.41) is 11.8. The number of nitrogens with zero attached hydrogens (tertiary/aromatic N) is 1. The van der Waals surface area contributed by atoms with E-state index in [1.54, 1.807) is 18.1 Å². The van der Waals surface area contributed by atoms with Crippen LogP contribution in [0.15, 0.2) is 72.8 Å². The van der Waals surface area contributed by atoms with E-state index in [1.807, 2.05) is 73.7 Å². The molecule has 1 amide bonds. The molecular formula is C24H23NO3. The van der Waals surface area contributed by atoms with Gasteiger partial charge in [0, 0.05) is 23.2 Å².